The van der Waals surface area contributed by atoms with Crippen LogP contribution in [-0.2, 0) is 14.3 Å². The molecule has 3 saturated carbocycles. The van der Waals surface area contributed by atoms with E-state index in [-0.39, 0.29) is 34.2 Å². The van der Waals surface area contributed by atoms with Crippen LogP contribution in [-0.4, -0.2) is 22.6 Å². The summed E-state index contributed by atoms with van der Waals surface area (Å²) in [7, 11) is 0. The molecule has 4 fully saturated rings. The van der Waals surface area contributed by atoms with Crippen molar-refractivity contribution < 1.29 is 19.4 Å². The van der Waals surface area contributed by atoms with Crippen LogP contribution in [0.2, 0.25) is 0 Å². The molecule has 4 heteroatoms. The van der Waals surface area contributed by atoms with Crippen molar-refractivity contribution in [1.29, 1.82) is 0 Å². The molecule has 1 aliphatic heterocycles. The summed E-state index contributed by atoms with van der Waals surface area (Å²) in [6.45, 7) is 16.0. The van der Waals surface area contributed by atoms with E-state index in [0.29, 0.717) is 30.1 Å². The molecule has 1 saturated heterocycles. The maximum absolute atomic E-state index is 12.0. The van der Waals surface area contributed by atoms with Gasteiger partial charge in [0.25, 0.3) is 0 Å². The number of carbonyl (C=O) groups excluding carboxylic acids is 1. The Morgan fingerprint density at radius 2 is 1.71 bits per heavy atom. The molecule has 0 spiro atoms. The van der Waals surface area contributed by atoms with Gasteiger partial charge in [-0.3, -0.25) is 9.59 Å². The van der Waals surface area contributed by atoms with Crippen LogP contribution in [0.25, 0.3) is 0 Å². The van der Waals surface area contributed by atoms with Gasteiger partial charge in [0.15, 0.2) is 0 Å². The van der Waals surface area contributed by atoms with Crippen molar-refractivity contribution in [3.05, 3.63) is 12.2 Å². The molecule has 0 aromatic rings. The minimum atomic E-state index is -0.689. The number of allylic oxidation sites excluding steroid dienone is 1. The smallest absolute Gasteiger partial charge is 0.306 e. The lowest BCUT2D eigenvalue weighted by Crippen LogP contribution is -2.60. The average molecular weight is 431 g/mol. The summed E-state index contributed by atoms with van der Waals surface area (Å²) in [6.07, 6.45) is 9.34. The molecule has 4 nitrogen and oxygen atoms in total. The summed E-state index contributed by atoms with van der Waals surface area (Å²) in [5.41, 5.74) is 1.29. The number of carboxylic acid groups (broad SMARTS) is 1. The highest BCUT2D eigenvalue weighted by atomic mass is 16.6. The predicted octanol–water partition coefficient (Wildman–Crippen LogP) is 6.39. The van der Waals surface area contributed by atoms with Gasteiger partial charge in [0.2, 0.25) is 0 Å². The molecule has 8 atom stereocenters. The van der Waals surface area contributed by atoms with Crippen LogP contribution in [0.15, 0.2) is 12.2 Å². The van der Waals surface area contributed by atoms with Gasteiger partial charge >= 0.3 is 11.9 Å². The minimum absolute atomic E-state index is 0.0208. The van der Waals surface area contributed by atoms with Gasteiger partial charge in [-0.15, -0.1) is 0 Å². The maximum atomic E-state index is 12.0. The van der Waals surface area contributed by atoms with Crippen LogP contribution in [0.3, 0.4) is 0 Å². The zero-order valence-electron chi connectivity index (χ0n) is 20.3. The van der Waals surface area contributed by atoms with Gasteiger partial charge in [-0.2, -0.15) is 0 Å². The van der Waals surface area contributed by atoms with Gasteiger partial charge in [-0.25, -0.2) is 0 Å². The monoisotopic (exact) mass is 430 g/mol. The Morgan fingerprint density at radius 1 is 1.03 bits per heavy atom. The van der Waals surface area contributed by atoms with Crippen LogP contribution in [0.4, 0.5) is 0 Å². The van der Waals surface area contributed by atoms with Crippen LogP contribution in [0, 0.1) is 39.9 Å². The maximum Gasteiger partial charge on any atom is 0.306 e. The number of hydrogen-bond acceptors (Lipinski definition) is 3. The summed E-state index contributed by atoms with van der Waals surface area (Å²) < 4.78 is 5.93. The van der Waals surface area contributed by atoms with Gasteiger partial charge in [0.05, 0.1) is 0 Å². The number of carbonyl (C=O) groups is 2. The van der Waals surface area contributed by atoms with Crippen molar-refractivity contribution in [2.45, 2.75) is 104 Å². The lowest BCUT2D eigenvalue weighted by Gasteiger charge is -2.66. The lowest BCUT2D eigenvalue weighted by atomic mass is 9.38. The van der Waals surface area contributed by atoms with E-state index in [0.717, 1.165) is 32.1 Å². The number of hydrogen-bond donors (Lipinski definition) is 1. The van der Waals surface area contributed by atoms with E-state index in [9.17, 15) is 14.7 Å². The summed E-state index contributed by atoms with van der Waals surface area (Å²) >= 11 is 0. The van der Waals surface area contributed by atoms with Gasteiger partial charge < -0.3 is 9.84 Å². The highest BCUT2D eigenvalue weighted by Gasteiger charge is 2.68. The molecule has 4 rings (SSSR count). The summed E-state index contributed by atoms with van der Waals surface area (Å²) in [6, 6.07) is 0. The lowest BCUT2D eigenvalue weighted by molar-refractivity contribution is -0.181. The quantitative estimate of drug-likeness (QED) is 0.405. The molecule has 31 heavy (non-hydrogen) atoms. The van der Waals surface area contributed by atoms with Crippen molar-refractivity contribution in [2.75, 3.05) is 0 Å². The summed E-state index contributed by atoms with van der Waals surface area (Å²) in [4.78, 5) is 23.5. The molecule has 174 valence electrons. The van der Waals surface area contributed by atoms with Crippen molar-refractivity contribution in [2.24, 2.45) is 39.9 Å². The standard InChI is InChI=1S/C27H42O4/c1-17(2)18-9-15-26(5)21(24(18,3)13-11-22(28)29)8-7-19-20(10-14-25(19,26)4)27(6)16-12-23(30)31-27/h18-21H,1,7-16H2,2-6H3,(H,28,29)/t18-,19-,20-,21-,24+,25-,26-,27+/m1/s1. The molecular weight excluding hydrogens is 388 g/mol. The molecule has 0 bridgehead atoms. The Hall–Kier alpha value is -1.32. The van der Waals surface area contributed by atoms with Crippen molar-refractivity contribution in [1.82, 2.24) is 0 Å². The first-order valence-corrected chi connectivity index (χ1v) is 12.5. The van der Waals surface area contributed by atoms with Gasteiger partial charge in [0.1, 0.15) is 5.60 Å². The third kappa shape index (κ3) is 3.22. The first-order chi connectivity index (χ1) is 14.4. The second kappa shape index (κ2) is 7.35. The van der Waals surface area contributed by atoms with E-state index >= 15 is 0 Å². The van der Waals surface area contributed by atoms with Gasteiger partial charge in [-0.1, -0.05) is 32.9 Å². The van der Waals surface area contributed by atoms with Gasteiger partial charge in [-0.05, 0) is 99.2 Å². The first-order valence-electron chi connectivity index (χ1n) is 12.5. The molecule has 1 N–H and O–H groups in total. The largest absolute Gasteiger partial charge is 0.481 e. The predicted molar refractivity (Wildman–Crippen MR) is 121 cm³/mol. The highest BCUT2D eigenvalue weighted by Crippen LogP contribution is 2.74. The van der Waals surface area contributed by atoms with Crippen molar-refractivity contribution in [3.63, 3.8) is 0 Å². The number of rotatable bonds is 5. The van der Waals surface area contributed by atoms with Crippen molar-refractivity contribution in [3.8, 4) is 0 Å². The molecule has 4 aliphatic rings. The number of carboxylic acids is 1. The van der Waals surface area contributed by atoms with Gasteiger partial charge in [0, 0.05) is 18.8 Å². The summed E-state index contributed by atoms with van der Waals surface area (Å²) in [5, 5.41) is 9.49. The fourth-order valence-electron chi connectivity index (χ4n) is 9.35. The molecule has 0 aromatic carbocycles. The fraction of sp³-hybridized carbons (Fsp3) is 0.852. The summed E-state index contributed by atoms with van der Waals surface area (Å²) in [5.74, 6) is 1.22. The molecule has 1 heterocycles. The minimum Gasteiger partial charge on any atom is -0.481 e. The average Bonchev–Trinajstić information content (AvgIpc) is 3.21. The highest BCUT2D eigenvalue weighted by molar-refractivity contribution is 5.72. The van der Waals surface area contributed by atoms with Crippen LogP contribution >= 0.6 is 0 Å². The third-order valence-corrected chi connectivity index (χ3v) is 11.1. The molecule has 0 aromatic heterocycles. The topological polar surface area (TPSA) is 63.6 Å². The fourth-order valence-corrected chi connectivity index (χ4v) is 9.35. The Labute approximate surface area is 188 Å². The van der Waals surface area contributed by atoms with E-state index in [1.807, 2.05) is 0 Å². The van der Waals surface area contributed by atoms with Crippen LogP contribution in [0.1, 0.15) is 98.8 Å². The third-order valence-electron chi connectivity index (χ3n) is 11.1. The molecule has 0 unspecified atom stereocenters. The SMILES string of the molecule is C=C(C)[C@H]1CC[C@]2(C)[C@H](CC[C@@H]3[C@H]([C@]4(C)CCC(=O)O4)CC[C@]32C)[C@@]1(C)CCC(=O)O. The number of aliphatic carboxylic acids is 1. The Kier molecular flexibility index (Phi) is 5.42. The number of esters is 1. The number of cyclic esters (lactones) is 1. The zero-order valence-corrected chi connectivity index (χ0v) is 20.3. The molecule has 0 radical (unpaired) electrons. The Bertz CT molecular complexity index is 788. The van der Waals surface area contributed by atoms with E-state index in [4.69, 9.17) is 4.74 Å². The van der Waals surface area contributed by atoms with Crippen LogP contribution in [0.5, 0.6) is 0 Å². The van der Waals surface area contributed by atoms with E-state index in [1.165, 1.54) is 24.8 Å². The Morgan fingerprint density at radius 3 is 2.29 bits per heavy atom. The van der Waals surface area contributed by atoms with E-state index in [2.05, 4.69) is 41.2 Å². The number of ether oxygens (including phenoxy) is 1. The zero-order chi connectivity index (χ0) is 22.8. The first kappa shape index (κ1) is 22.9. The Balaban J connectivity index is 1.68. The van der Waals surface area contributed by atoms with E-state index < -0.39 is 5.97 Å². The second-order valence-electron chi connectivity index (χ2n) is 12.3. The molecular formula is C27H42O4. The molecule has 0 amide bonds. The van der Waals surface area contributed by atoms with Crippen molar-refractivity contribution >= 4 is 11.9 Å². The normalized spacial score (nSPS) is 49.3. The second-order valence-corrected chi connectivity index (χ2v) is 12.3. The van der Waals surface area contributed by atoms with E-state index in [1.54, 1.807) is 0 Å². The number of fused-ring (bicyclic) bond motifs is 3. The van der Waals surface area contributed by atoms with Crippen LogP contribution < -0.4 is 0 Å². The molecule has 3 aliphatic carbocycles.